The monoisotopic (exact) mass is 245 g/mol. The van der Waals surface area contributed by atoms with Crippen LogP contribution in [0.4, 0.5) is 5.69 Å². The van der Waals surface area contributed by atoms with Gasteiger partial charge >= 0.3 is 0 Å². The van der Waals surface area contributed by atoms with Gasteiger partial charge < -0.3 is 11.1 Å². The summed E-state index contributed by atoms with van der Waals surface area (Å²) in [5.41, 5.74) is 7.76. The molecule has 1 atom stereocenters. The maximum atomic E-state index is 12.0. The Kier molecular flexibility index (Phi) is 5.34. The fraction of sp³-hybridized carbons (Fsp3) is 0.429. The van der Waals surface area contributed by atoms with Crippen LogP contribution in [0.1, 0.15) is 30.9 Å². The largest absolute Gasteiger partial charge is 0.330 e. The molecule has 0 spiro atoms. The molecule has 1 amide bonds. The molecule has 0 saturated heterocycles. The number of rotatable bonds is 5. The van der Waals surface area contributed by atoms with E-state index in [1.165, 1.54) is 0 Å². The molecule has 0 saturated carbocycles. The van der Waals surface area contributed by atoms with Crippen LogP contribution >= 0.6 is 0 Å². The third kappa shape index (κ3) is 3.57. The number of nitrogens with one attached hydrogen (secondary N) is 1. The summed E-state index contributed by atoms with van der Waals surface area (Å²) in [7, 11) is 0. The molecule has 1 aromatic carbocycles. The maximum Gasteiger partial charge on any atom is 0.228 e. The highest BCUT2D eigenvalue weighted by Crippen LogP contribution is 2.18. The lowest BCUT2D eigenvalue weighted by Gasteiger charge is -2.15. The van der Waals surface area contributed by atoms with Gasteiger partial charge in [-0.25, -0.2) is 0 Å². The predicted molar refractivity (Wildman–Crippen MR) is 72.0 cm³/mol. The number of carbonyl (C=O) groups excluding carboxylic acids is 1. The quantitative estimate of drug-likeness (QED) is 0.834. The van der Waals surface area contributed by atoms with Crippen molar-refractivity contribution >= 4 is 11.6 Å². The highest BCUT2D eigenvalue weighted by Gasteiger charge is 2.16. The minimum Gasteiger partial charge on any atom is -0.330 e. The van der Waals surface area contributed by atoms with Crippen molar-refractivity contribution in [2.45, 2.75) is 26.7 Å². The van der Waals surface area contributed by atoms with Gasteiger partial charge in [0, 0.05) is 12.2 Å². The second-order valence-corrected chi connectivity index (χ2v) is 4.35. The van der Waals surface area contributed by atoms with Crippen molar-refractivity contribution in [3.05, 3.63) is 29.3 Å². The van der Waals surface area contributed by atoms with Gasteiger partial charge in [0.15, 0.2) is 0 Å². The normalized spacial score (nSPS) is 11.7. The van der Waals surface area contributed by atoms with Crippen molar-refractivity contribution in [3.63, 3.8) is 0 Å². The van der Waals surface area contributed by atoms with E-state index in [1.54, 1.807) is 12.1 Å². The SMILES string of the molecule is CCCC(CN)C(=O)Nc1cc(C#N)ccc1C. The molecule has 0 bridgehead atoms. The molecule has 0 fully saturated rings. The number of hydrogen-bond donors (Lipinski definition) is 2. The molecule has 0 radical (unpaired) electrons. The van der Waals surface area contributed by atoms with Crippen LogP contribution in [0.25, 0.3) is 0 Å². The van der Waals surface area contributed by atoms with Crippen molar-refractivity contribution in [2.75, 3.05) is 11.9 Å². The van der Waals surface area contributed by atoms with E-state index in [-0.39, 0.29) is 11.8 Å². The van der Waals surface area contributed by atoms with Gasteiger partial charge in [-0.15, -0.1) is 0 Å². The van der Waals surface area contributed by atoms with Gasteiger partial charge in [0.25, 0.3) is 0 Å². The highest BCUT2D eigenvalue weighted by atomic mass is 16.1. The van der Waals surface area contributed by atoms with Crippen LogP contribution in [0.2, 0.25) is 0 Å². The van der Waals surface area contributed by atoms with E-state index in [2.05, 4.69) is 11.4 Å². The Morgan fingerprint density at radius 1 is 1.56 bits per heavy atom. The Bertz CT molecular complexity index is 463. The predicted octanol–water partition coefficient (Wildman–Crippen LogP) is 2.18. The molecule has 18 heavy (non-hydrogen) atoms. The summed E-state index contributed by atoms with van der Waals surface area (Å²) in [6.45, 7) is 4.27. The first-order valence-corrected chi connectivity index (χ1v) is 6.14. The summed E-state index contributed by atoms with van der Waals surface area (Å²) >= 11 is 0. The van der Waals surface area contributed by atoms with Crippen molar-refractivity contribution in [2.24, 2.45) is 11.7 Å². The first kappa shape index (κ1) is 14.2. The van der Waals surface area contributed by atoms with Crippen LogP contribution in [-0.2, 0) is 4.79 Å². The minimum absolute atomic E-state index is 0.0717. The van der Waals surface area contributed by atoms with Crippen molar-refractivity contribution < 1.29 is 4.79 Å². The average molecular weight is 245 g/mol. The highest BCUT2D eigenvalue weighted by molar-refractivity contribution is 5.93. The number of nitrogens with two attached hydrogens (primary N) is 1. The summed E-state index contributed by atoms with van der Waals surface area (Å²) in [4.78, 5) is 12.0. The Labute approximate surface area is 108 Å². The van der Waals surface area contributed by atoms with Crippen molar-refractivity contribution in [1.82, 2.24) is 0 Å². The Hall–Kier alpha value is -1.86. The Balaban J connectivity index is 2.84. The average Bonchev–Trinajstić information content (AvgIpc) is 2.38. The molecule has 0 aliphatic rings. The minimum atomic E-state index is -0.167. The molecular weight excluding hydrogens is 226 g/mol. The summed E-state index contributed by atoms with van der Waals surface area (Å²) < 4.78 is 0. The number of hydrogen-bond acceptors (Lipinski definition) is 3. The van der Waals surface area contributed by atoms with Crippen LogP contribution < -0.4 is 11.1 Å². The van der Waals surface area contributed by atoms with Crippen LogP contribution in [0, 0.1) is 24.2 Å². The Morgan fingerprint density at radius 2 is 2.28 bits per heavy atom. The number of carbonyl (C=O) groups is 1. The molecular formula is C14H19N3O. The van der Waals surface area contributed by atoms with Gasteiger partial charge in [0.2, 0.25) is 5.91 Å². The van der Waals surface area contributed by atoms with Gasteiger partial charge in [-0.05, 0) is 31.0 Å². The lowest BCUT2D eigenvalue weighted by molar-refractivity contribution is -0.119. The van der Waals surface area contributed by atoms with Crippen LogP contribution in [0.3, 0.4) is 0 Å². The second kappa shape index (κ2) is 6.77. The number of nitrogens with zero attached hydrogens (tertiary/aromatic N) is 1. The zero-order valence-corrected chi connectivity index (χ0v) is 10.9. The topological polar surface area (TPSA) is 78.9 Å². The van der Waals surface area contributed by atoms with E-state index in [4.69, 9.17) is 11.0 Å². The third-order valence-electron chi connectivity index (χ3n) is 2.92. The van der Waals surface area contributed by atoms with Gasteiger partial charge in [-0.2, -0.15) is 5.26 Å². The van der Waals surface area contributed by atoms with Crippen LogP contribution in [-0.4, -0.2) is 12.5 Å². The Morgan fingerprint density at radius 3 is 2.83 bits per heavy atom. The van der Waals surface area contributed by atoms with Crippen molar-refractivity contribution in [1.29, 1.82) is 5.26 Å². The fourth-order valence-corrected chi connectivity index (χ4v) is 1.77. The van der Waals surface area contributed by atoms with Crippen LogP contribution in [0.15, 0.2) is 18.2 Å². The first-order valence-electron chi connectivity index (χ1n) is 6.14. The molecule has 1 unspecified atom stereocenters. The zero-order chi connectivity index (χ0) is 13.5. The van der Waals surface area contributed by atoms with Gasteiger partial charge in [-0.1, -0.05) is 19.4 Å². The summed E-state index contributed by atoms with van der Waals surface area (Å²) in [6.07, 6.45) is 1.70. The molecule has 1 rings (SSSR count). The van der Waals surface area contributed by atoms with E-state index >= 15 is 0 Å². The number of anilines is 1. The summed E-state index contributed by atoms with van der Waals surface area (Å²) in [6, 6.07) is 7.31. The lowest BCUT2D eigenvalue weighted by atomic mass is 10.0. The molecule has 4 heteroatoms. The summed E-state index contributed by atoms with van der Waals surface area (Å²) in [5.74, 6) is -0.238. The van der Waals surface area contributed by atoms with Crippen LogP contribution in [0.5, 0.6) is 0 Å². The molecule has 96 valence electrons. The zero-order valence-electron chi connectivity index (χ0n) is 10.9. The smallest absolute Gasteiger partial charge is 0.228 e. The van der Waals surface area contributed by atoms with Gasteiger partial charge in [0.1, 0.15) is 0 Å². The molecule has 3 N–H and O–H groups in total. The number of nitriles is 1. The number of aryl methyl sites for hydroxylation is 1. The van der Waals surface area contributed by atoms with E-state index in [0.717, 1.165) is 18.4 Å². The fourth-order valence-electron chi connectivity index (χ4n) is 1.77. The second-order valence-electron chi connectivity index (χ2n) is 4.35. The molecule has 4 nitrogen and oxygen atoms in total. The molecule has 0 aliphatic carbocycles. The van der Waals surface area contributed by atoms with E-state index in [0.29, 0.717) is 17.8 Å². The third-order valence-corrected chi connectivity index (χ3v) is 2.92. The van der Waals surface area contributed by atoms with E-state index < -0.39 is 0 Å². The summed E-state index contributed by atoms with van der Waals surface area (Å²) in [5, 5.41) is 11.7. The molecule has 0 aromatic heterocycles. The standard InChI is InChI=1S/C14H19N3O/c1-3-4-12(9-16)14(18)17-13-7-11(8-15)6-5-10(13)2/h5-7,12H,3-4,9,16H2,1-2H3,(H,17,18). The van der Waals surface area contributed by atoms with Crippen molar-refractivity contribution in [3.8, 4) is 6.07 Å². The van der Waals surface area contributed by atoms with E-state index in [9.17, 15) is 4.79 Å². The first-order chi connectivity index (χ1) is 8.62. The van der Waals surface area contributed by atoms with E-state index in [1.807, 2.05) is 19.9 Å². The number of benzene rings is 1. The number of amides is 1. The maximum absolute atomic E-state index is 12.0. The lowest BCUT2D eigenvalue weighted by Crippen LogP contribution is -2.29. The molecule has 0 heterocycles. The molecule has 0 aliphatic heterocycles. The van der Waals surface area contributed by atoms with Gasteiger partial charge in [0.05, 0.1) is 17.6 Å². The van der Waals surface area contributed by atoms with Gasteiger partial charge in [-0.3, -0.25) is 4.79 Å². The molecule has 1 aromatic rings.